The molecule has 1 aromatic heterocycles. The second-order valence-electron chi connectivity index (χ2n) is 3.62. The molecule has 0 atom stereocenters. The van der Waals surface area contributed by atoms with Gasteiger partial charge in [-0.2, -0.15) is 0 Å². The summed E-state index contributed by atoms with van der Waals surface area (Å²) in [5.41, 5.74) is 0.492. The number of carbonyl (C=O) groups is 1. The monoisotopic (exact) mass is 281 g/mol. The van der Waals surface area contributed by atoms with Gasteiger partial charge in [0.25, 0.3) is 0 Å². The molecule has 0 aliphatic rings. The summed E-state index contributed by atoms with van der Waals surface area (Å²) in [5.74, 6) is -0.153. The smallest absolute Gasteiger partial charge is 0.222 e. The van der Waals surface area contributed by atoms with Crippen molar-refractivity contribution in [2.45, 2.75) is 6.54 Å². The number of ketones is 1. The summed E-state index contributed by atoms with van der Waals surface area (Å²) >= 11 is 11.6. The molecule has 0 aliphatic heterocycles. The van der Waals surface area contributed by atoms with Crippen molar-refractivity contribution in [2.75, 3.05) is 0 Å². The molecule has 0 amide bonds. The molecule has 92 valence electrons. The molecule has 6 heteroatoms. The molecule has 1 heterocycles. The van der Waals surface area contributed by atoms with E-state index in [0.717, 1.165) is 0 Å². The minimum absolute atomic E-state index is 0.0333. The van der Waals surface area contributed by atoms with E-state index in [4.69, 9.17) is 28.6 Å². The van der Waals surface area contributed by atoms with Crippen molar-refractivity contribution in [1.82, 2.24) is 9.55 Å². The lowest BCUT2D eigenvalue weighted by Crippen LogP contribution is -2.25. The molecule has 4 nitrogen and oxygen atoms in total. The first kappa shape index (κ1) is 12.8. The van der Waals surface area contributed by atoms with Crippen LogP contribution in [0.5, 0.6) is 0 Å². The van der Waals surface area contributed by atoms with Gasteiger partial charge in [-0.05, 0) is 24.3 Å². The van der Waals surface area contributed by atoms with Crippen molar-refractivity contribution in [3.05, 3.63) is 57.9 Å². The van der Waals surface area contributed by atoms with Gasteiger partial charge < -0.3 is 4.57 Å². The standard InChI is InChI=1S/C12H9Cl2N3O/c13-9-3-2-8(6-10(9)14)11(18)7-17-5-1-4-16-12(17)15/h1-6,15H,7H2. The molecule has 0 bridgehead atoms. The maximum absolute atomic E-state index is 12.0. The van der Waals surface area contributed by atoms with Crippen molar-refractivity contribution >= 4 is 29.0 Å². The maximum atomic E-state index is 12.0. The lowest BCUT2D eigenvalue weighted by molar-refractivity contribution is 0.0969. The third-order valence-corrected chi connectivity index (χ3v) is 3.12. The molecule has 0 saturated carbocycles. The van der Waals surface area contributed by atoms with Gasteiger partial charge in [0.15, 0.2) is 5.78 Å². The highest BCUT2D eigenvalue weighted by Gasteiger charge is 2.09. The average molecular weight is 282 g/mol. The number of hydrogen-bond donors (Lipinski definition) is 1. The van der Waals surface area contributed by atoms with E-state index in [1.807, 2.05) is 0 Å². The maximum Gasteiger partial charge on any atom is 0.222 e. The molecule has 0 saturated heterocycles. The predicted octanol–water partition coefficient (Wildman–Crippen LogP) is 2.55. The molecule has 0 fully saturated rings. The molecule has 1 N–H and O–H groups in total. The minimum atomic E-state index is -0.153. The van der Waals surface area contributed by atoms with Crippen LogP contribution in [-0.4, -0.2) is 15.3 Å². The highest BCUT2D eigenvalue weighted by molar-refractivity contribution is 6.42. The molecule has 0 radical (unpaired) electrons. The normalized spacial score (nSPS) is 10.3. The molecule has 2 aromatic rings. The molecule has 18 heavy (non-hydrogen) atoms. The fourth-order valence-electron chi connectivity index (χ4n) is 1.44. The Morgan fingerprint density at radius 1 is 1.33 bits per heavy atom. The highest BCUT2D eigenvalue weighted by atomic mass is 35.5. The summed E-state index contributed by atoms with van der Waals surface area (Å²) in [6.07, 6.45) is 3.13. The zero-order valence-electron chi connectivity index (χ0n) is 9.23. The zero-order chi connectivity index (χ0) is 13.1. The van der Waals surface area contributed by atoms with Crippen molar-refractivity contribution in [3.63, 3.8) is 0 Å². The third-order valence-electron chi connectivity index (χ3n) is 2.38. The lowest BCUT2D eigenvalue weighted by Gasteiger charge is -2.05. The SMILES string of the molecule is N=c1ncccn1CC(=O)c1ccc(Cl)c(Cl)c1. The molecule has 0 aliphatic carbocycles. The molecular weight excluding hydrogens is 273 g/mol. The van der Waals surface area contributed by atoms with E-state index < -0.39 is 0 Å². The Kier molecular flexibility index (Phi) is 3.79. The van der Waals surface area contributed by atoms with Gasteiger partial charge in [0.05, 0.1) is 16.6 Å². The van der Waals surface area contributed by atoms with Gasteiger partial charge in [-0.3, -0.25) is 10.2 Å². The van der Waals surface area contributed by atoms with Gasteiger partial charge in [0, 0.05) is 18.0 Å². The minimum Gasteiger partial charge on any atom is -0.310 e. The Morgan fingerprint density at radius 2 is 2.11 bits per heavy atom. The van der Waals surface area contributed by atoms with Gasteiger partial charge in [-0.1, -0.05) is 23.2 Å². The number of benzene rings is 1. The number of rotatable bonds is 3. The highest BCUT2D eigenvalue weighted by Crippen LogP contribution is 2.22. The van der Waals surface area contributed by atoms with Crippen LogP contribution in [0.3, 0.4) is 0 Å². The van der Waals surface area contributed by atoms with E-state index in [2.05, 4.69) is 4.98 Å². The van der Waals surface area contributed by atoms with E-state index in [1.54, 1.807) is 24.4 Å². The summed E-state index contributed by atoms with van der Waals surface area (Å²) in [7, 11) is 0. The summed E-state index contributed by atoms with van der Waals surface area (Å²) in [6.45, 7) is 0.0463. The van der Waals surface area contributed by atoms with Crippen LogP contribution in [-0.2, 0) is 6.54 Å². The molecular formula is C12H9Cl2N3O. The summed E-state index contributed by atoms with van der Waals surface area (Å²) in [5, 5.41) is 8.30. The van der Waals surface area contributed by atoms with Gasteiger partial charge >= 0.3 is 0 Å². The van der Waals surface area contributed by atoms with Crippen molar-refractivity contribution < 1.29 is 4.79 Å². The Labute approximate surface area is 113 Å². The largest absolute Gasteiger partial charge is 0.310 e. The van der Waals surface area contributed by atoms with E-state index >= 15 is 0 Å². The van der Waals surface area contributed by atoms with Gasteiger partial charge in [-0.25, -0.2) is 4.98 Å². The van der Waals surface area contributed by atoms with Gasteiger partial charge in [0.2, 0.25) is 5.62 Å². The topological polar surface area (TPSA) is 58.7 Å². The Bertz CT molecular complexity index is 652. The zero-order valence-corrected chi connectivity index (χ0v) is 10.7. The van der Waals surface area contributed by atoms with Crippen LogP contribution < -0.4 is 5.62 Å². The summed E-state index contributed by atoms with van der Waals surface area (Å²) in [4.78, 5) is 15.8. The number of hydrogen-bond acceptors (Lipinski definition) is 3. The van der Waals surface area contributed by atoms with E-state index in [-0.39, 0.29) is 17.9 Å². The average Bonchev–Trinajstić information content (AvgIpc) is 2.35. The third kappa shape index (κ3) is 2.78. The molecule has 1 aromatic carbocycles. The van der Waals surface area contributed by atoms with Crippen LogP contribution in [0.2, 0.25) is 10.0 Å². The van der Waals surface area contributed by atoms with Crippen molar-refractivity contribution in [1.29, 1.82) is 5.41 Å². The first-order chi connectivity index (χ1) is 8.58. The second kappa shape index (κ2) is 5.33. The first-order valence-corrected chi connectivity index (χ1v) is 5.88. The van der Waals surface area contributed by atoms with E-state index in [0.29, 0.717) is 15.6 Å². The van der Waals surface area contributed by atoms with Crippen LogP contribution in [0.1, 0.15) is 10.4 Å². The lowest BCUT2D eigenvalue weighted by atomic mass is 10.1. The van der Waals surface area contributed by atoms with E-state index in [1.165, 1.54) is 16.8 Å². The number of Topliss-reactive ketones (excluding diaryl/α,β-unsaturated/α-hetero) is 1. The van der Waals surface area contributed by atoms with Gasteiger partial charge in [0.1, 0.15) is 0 Å². The van der Waals surface area contributed by atoms with Crippen molar-refractivity contribution in [3.8, 4) is 0 Å². The fraction of sp³-hybridized carbons (Fsp3) is 0.0833. The van der Waals surface area contributed by atoms with Crippen LogP contribution in [0.25, 0.3) is 0 Å². The van der Waals surface area contributed by atoms with Crippen molar-refractivity contribution in [2.24, 2.45) is 0 Å². The van der Waals surface area contributed by atoms with Crippen LogP contribution in [0.15, 0.2) is 36.7 Å². The van der Waals surface area contributed by atoms with Crippen LogP contribution >= 0.6 is 23.2 Å². The summed E-state index contributed by atoms with van der Waals surface area (Å²) < 4.78 is 1.45. The predicted molar refractivity (Wildman–Crippen MR) is 68.9 cm³/mol. The fourth-order valence-corrected chi connectivity index (χ4v) is 1.74. The second-order valence-corrected chi connectivity index (χ2v) is 4.44. The Hall–Kier alpha value is -1.65. The van der Waals surface area contributed by atoms with Crippen LogP contribution in [0, 0.1) is 5.41 Å². The number of aromatic nitrogens is 2. The number of nitrogens with zero attached hydrogens (tertiary/aromatic N) is 2. The molecule has 0 unspecified atom stereocenters. The van der Waals surface area contributed by atoms with Crippen LogP contribution in [0.4, 0.5) is 0 Å². The molecule has 2 rings (SSSR count). The number of halogens is 2. The number of carbonyl (C=O) groups excluding carboxylic acids is 1. The Balaban J connectivity index is 2.25. The first-order valence-electron chi connectivity index (χ1n) is 5.12. The van der Waals surface area contributed by atoms with E-state index in [9.17, 15) is 4.79 Å². The quantitative estimate of drug-likeness (QED) is 0.879. The van der Waals surface area contributed by atoms with Gasteiger partial charge in [-0.15, -0.1) is 0 Å². The Morgan fingerprint density at radius 3 is 2.78 bits per heavy atom. The number of nitrogens with one attached hydrogen (secondary N) is 1. The summed E-state index contributed by atoms with van der Waals surface area (Å²) in [6, 6.07) is 6.37. The molecule has 0 spiro atoms.